The third kappa shape index (κ3) is 4.09. The second-order valence-electron chi connectivity index (χ2n) is 7.96. The second kappa shape index (κ2) is 8.84. The number of rotatable bonds is 5. The van der Waals surface area contributed by atoms with E-state index in [4.69, 9.17) is 4.74 Å². The number of benzene rings is 2. The summed E-state index contributed by atoms with van der Waals surface area (Å²) in [7, 11) is 1.68. The first kappa shape index (κ1) is 20.3. The van der Waals surface area contributed by atoms with Crippen LogP contribution < -0.4 is 15.2 Å². The van der Waals surface area contributed by atoms with Gasteiger partial charge in [0, 0.05) is 43.4 Å². The highest BCUT2D eigenvalue weighted by Gasteiger charge is 2.17. The van der Waals surface area contributed by atoms with Gasteiger partial charge in [0.2, 0.25) is 0 Å². The van der Waals surface area contributed by atoms with Gasteiger partial charge >= 0.3 is 0 Å². The lowest BCUT2D eigenvalue weighted by molar-refractivity contribution is 0.217. The standard InChI is InChI=1S/C24H26N6O2/c1-32-22-10-8-20(9-11-22)28-13-5-12-27(14-15-28)18-30-24(31)23-19(16-25-30)17-29(26-23)21-6-3-2-4-7-21/h2-4,6-11,16-17H,5,12-15,18H2,1H3. The average Bonchev–Trinajstić information content (AvgIpc) is 3.15. The van der Waals surface area contributed by atoms with Crippen molar-refractivity contribution in [2.45, 2.75) is 13.1 Å². The van der Waals surface area contributed by atoms with E-state index in [0.717, 1.165) is 49.4 Å². The number of nitrogens with zero attached hydrogens (tertiary/aromatic N) is 6. The summed E-state index contributed by atoms with van der Waals surface area (Å²) in [5.74, 6) is 0.862. The van der Waals surface area contributed by atoms with Crippen LogP contribution >= 0.6 is 0 Å². The molecule has 164 valence electrons. The van der Waals surface area contributed by atoms with E-state index >= 15 is 0 Å². The van der Waals surface area contributed by atoms with Gasteiger partial charge in [0.15, 0.2) is 5.52 Å². The van der Waals surface area contributed by atoms with Crippen LogP contribution in [0.5, 0.6) is 5.75 Å². The molecule has 0 spiro atoms. The van der Waals surface area contributed by atoms with Crippen LogP contribution in [0.25, 0.3) is 16.6 Å². The molecule has 2 aromatic carbocycles. The third-order valence-corrected chi connectivity index (χ3v) is 5.90. The quantitative estimate of drug-likeness (QED) is 0.485. The summed E-state index contributed by atoms with van der Waals surface area (Å²) in [5, 5.41) is 9.69. The predicted molar refractivity (Wildman–Crippen MR) is 125 cm³/mol. The van der Waals surface area contributed by atoms with Gasteiger partial charge < -0.3 is 9.64 Å². The molecule has 0 amide bonds. The third-order valence-electron chi connectivity index (χ3n) is 5.90. The molecule has 0 aliphatic carbocycles. The second-order valence-corrected chi connectivity index (χ2v) is 7.96. The fraction of sp³-hybridized carbons (Fsp3) is 0.292. The minimum absolute atomic E-state index is 0.159. The molecule has 1 saturated heterocycles. The number of fused-ring (bicyclic) bond motifs is 1. The van der Waals surface area contributed by atoms with Gasteiger partial charge in [-0.1, -0.05) is 18.2 Å². The Kier molecular flexibility index (Phi) is 5.60. The first-order chi connectivity index (χ1) is 15.7. The van der Waals surface area contributed by atoms with Crippen LogP contribution in [0.3, 0.4) is 0 Å². The maximum absolute atomic E-state index is 13.1. The maximum atomic E-state index is 13.1. The van der Waals surface area contributed by atoms with E-state index in [1.165, 1.54) is 10.4 Å². The highest BCUT2D eigenvalue weighted by molar-refractivity contribution is 5.76. The van der Waals surface area contributed by atoms with Gasteiger partial charge in [0.25, 0.3) is 5.56 Å². The number of hydrogen-bond acceptors (Lipinski definition) is 6. The zero-order chi connectivity index (χ0) is 21.9. The van der Waals surface area contributed by atoms with E-state index in [0.29, 0.717) is 12.2 Å². The Bertz CT molecular complexity index is 1250. The molecule has 1 fully saturated rings. The Hall–Kier alpha value is -3.65. The lowest BCUT2D eigenvalue weighted by atomic mass is 10.2. The molecule has 0 saturated carbocycles. The van der Waals surface area contributed by atoms with E-state index in [2.05, 4.69) is 32.1 Å². The van der Waals surface area contributed by atoms with Crippen molar-refractivity contribution in [2.75, 3.05) is 38.2 Å². The van der Waals surface area contributed by atoms with E-state index in [-0.39, 0.29) is 5.56 Å². The number of aromatic nitrogens is 4. The van der Waals surface area contributed by atoms with Crippen molar-refractivity contribution in [3.63, 3.8) is 0 Å². The summed E-state index contributed by atoms with van der Waals surface area (Å²) in [6.07, 6.45) is 4.60. The number of para-hydroxylation sites is 1. The SMILES string of the molecule is COc1ccc(N2CCCN(Cn3ncc4cn(-c5ccccc5)nc4c3=O)CC2)cc1. The van der Waals surface area contributed by atoms with Gasteiger partial charge in [0.05, 0.1) is 25.7 Å². The molecule has 0 unspecified atom stereocenters. The van der Waals surface area contributed by atoms with Crippen LogP contribution in [-0.4, -0.2) is 57.7 Å². The van der Waals surface area contributed by atoms with Crippen LogP contribution in [0.15, 0.2) is 71.8 Å². The van der Waals surface area contributed by atoms with E-state index < -0.39 is 0 Å². The van der Waals surface area contributed by atoms with Crippen LogP contribution in [0.1, 0.15) is 6.42 Å². The van der Waals surface area contributed by atoms with Gasteiger partial charge in [-0.3, -0.25) is 9.69 Å². The molecule has 32 heavy (non-hydrogen) atoms. The lowest BCUT2D eigenvalue weighted by Gasteiger charge is -2.24. The topological polar surface area (TPSA) is 68.4 Å². The molecule has 8 heteroatoms. The van der Waals surface area contributed by atoms with Crippen molar-refractivity contribution in [2.24, 2.45) is 0 Å². The smallest absolute Gasteiger partial charge is 0.296 e. The Morgan fingerprint density at radius 3 is 2.53 bits per heavy atom. The average molecular weight is 431 g/mol. The van der Waals surface area contributed by atoms with Gasteiger partial charge in [-0.05, 0) is 42.8 Å². The number of ether oxygens (including phenoxy) is 1. The summed E-state index contributed by atoms with van der Waals surface area (Å²) in [5.41, 5.74) is 2.39. The highest BCUT2D eigenvalue weighted by Crippen LogP contribution is 2.20. The van der Waals surface area contributed by atoms with Crippen LogP contribution in [0, 0.1) is 0 Å². The van der Waals surface area contributed by atoms with E-state index in [9.17, 15) is 4.79 Å². The molecular formula is C24H26N6O2. The Morgan fingerprint density at radius 2 is 1.75 bits per heavy atom. The molecule has 4 aromatic rings. The van der Waals surface area contributed by atoms with Crippen LogP contribution in [-0.2, 0) is 6.67 Å². The van der Waals surface area contributed by atoms with Crippen molar-refractivity contribution < 1.29 is 4.74 Å². The van der Waals surface area contributed by atoms with Gasteiger partial charge in [-0.25, -0.2) is 9.36 Å². The first-order valence-corrected chi connectivity index (χ1v) is 10.8. The molecule has 0 radical (unpaired) electrons. The Labute approximate surface area is 186 Å². The largest absolute Gasteiger partial charge is 0.497 e. The molecular weight excluding hydrogens is 404 g/mol. The van der Waals surface area contributed by atoms with Crippen molar-refractivity contribution in [1.82, 2.24) is 24.5 Å². The first-order valence-electron chi connectivity index (χ1n) is 10.8. The van der Waals surface area contributed by atoms with Crippen LogP contribution in [0.4, 0.5) is 5.69 Å². The lowest BCUT2D eigenvalue weighted by Crippen LogP contribution is -2.36. The normalized spacial score (nSPS) is 15.1. The maximum Gasteiger partial charge on any atom is 0.296 e. The van der Waals surface area contributed by atoms with Crippen LogP contribution in [0.2, 0.25) is 0 Å². The van der Waals surface area contributed by atoms with Crippen molar-refractivity contribution in [3.05, 3.63) is 77.3 Å². The minimum atomic E-state index is -0.159. The Balaban J connectivity index is 1.31. The summed E-state index contributed by atoms with van der Waals surface area (Å²) < 4.78 is 8.51. The van der Waals surface area contributed by atoms with Crippen molar-refractivity contribution in [1.29, 1.82) is 0 Å². The number of methoxy groups -OCH3 is 1. The predicted octanol–water partition coefficient (Wildman–Crippen LogP) is 2.76. The van der Waals surface area contributed by atoms with Crippen molar-refractivity contribution in [3.8, 4) is 11.4 Å². The summed E-state index contributed by atoms with van der Waals surface area (Å²) in [6, 6.07) is 18.0. The van der Waals surface area contributed by atoms with Gasteiger partial charge in [-0.2, -0.15) is 10.2 Å². The molecule has 0 atom stereocenters. The zero-order valence-corrected chi connectivity index (χ0v) is 18.1. The molecule has 1 aliphatic rings. The summed E-state index contributed by atoms with van der Waals surface area (Å²) >= 11 is 0. The number of anilines is 1. The van der Waals surface area contributed by atoms with E-state index in [1.54, 1.807) is 18.0 Å². The summed E-state index contributed by atoms with van der Waals surface area (Å²) in [6.45, 7) is 4.11. The number of hydrogen-bond donors (Lipinski definition) is 0. The minimum Gasteiger partial charge on any atom is -0.497 e. The van der Waals surface area contributed by atoms with Gasteiger partial charge in [-0.15, -0.1) is 0 Å². The fourth-order valence-electron chi connectivity index (χ4n) is 4.12. The molecule has 5 rings (SSSR count). The molecule has 1 aliphatic heterocycles. The molecule has 0 bridgehead atoms. The van der Waals surface area contributed by atoms with Crippen molar-refractivity contribution >= 4 is 16.6 Å². The monoisotopic (exact) mass is 430 g/mol. The Morgan fingerprint density at radius 1 is 0.938 bits per heavy atom. The fourth-order valence-corrected chi connectivity index (χ4v) is 4.12. The van der Waals surface area contributed by atoms with E-state index in [1.807, 2.05) is 48.7 Å². The molecule has 8 nitrogen and oxygen atoms in total. The molecule has 2 aromatic heterocycles. The molecule has 3 heterocycles. The zero-order valence-electron chi connectivity index (χ0n) is 18.1. The molecule has 0 N–H and O–H groups in total. The summed E-state index contributed by atoms with van der Waals surface area (Å²) in [4.78, 5) is 17.7. The highest BCUT2D eigenvalue weighted by atomic mass is 16.5. The van der Waals surface area contributed by atoms with Gasteiger partial charge in [0.1, 0.15) is 5.75 Å².